The Morgan fingerprint density at radius 3 is 1.13 bits per heavy atom. The van der Waals surface area contributed by atoms with E-state index in [1.807, 2.05) is 0 Å². The Morgan fingerprint density at radius 2 is 1.07 bits per heavy atom. The molecule has 0 radical (unpaired) electrons. The van der Waals surface area contributed by atoms with Crippen molar-refractivity contribution in [1.82, 2.24) is 4.90 Å². The second-order valence-corrected chi connectivity index (χ2v) is 2.69. The molecule has 0 rings (SSSR count). The first-order valence-corrected chi connectivity index (χ1v) is 3.29. The van der Waals surface area contributed by atoms with Gasteiger partial charge in [-0.3, -0.25) is 0 Å². The minimum Gasteiger partial charge on any atom is -0.221 e. The van der Waals surface area contributed by atoms with E-state index in [1.54, 1.807) is 0 Å². The van der Waals surface area contributed by atoms with Gasteiger partial charge < -0.3 is 0 Å². The van der Waals surface area contributed by atoms with Crippen molar-refractivity contribution in [3.05, 3.63) is 0 Å². The van der Waals surface area contributed by atoms with Gasteiger partial charge in [-0.05, 0) is 11.6 Å². The Morgan fingerprint density at radius 1 is 0.800 bits per heavy atom. The van der Waals surface area contributed by atoms with Crippen LogP contribution in [0, 0.1) is 0 Å². The van der Waals surface area contributed by atoms with Crippen molar-refractivity contribution in [1.29, 1.82) is 0 Å². The van der Waals surface area contributed by atoms with E-state index >= 15 is 0 Å². The fourth-order valence-electron chi connectivity index (χ4n) is 0.547. The van der Waals surface area contributed by atoms with Crippen LogP contribution in [-0.4, -0.2) is 29.2 Å². The predicted octanol–water partition coefficient (Wildman–Crippen LogP) is 3.46. The molecule has 0 bridgehead atoms. The van der Waals surface area contributed by atoms with Crippen molar-refractivity contribution in [3.63, 3.8) is 0 Å². The Hall–Kier alpha value is -0.380. The molecule has 1 atom stereocenters. The lowest BCUT2D eigenvalue weighted by Gasteiger charge is -2.30. The van der Waals surface area contributed by atoms with Crippen LogP contribution in [0.5, 0.6) is 0 Å². The highest BCUT2D eigenvalue weighted by Gasteiger charge is 2.63. The maximum atomic E-state index is 12.2. The van der Waals surface area contributed by atoms with Gasteiger partial charge in [0.25, 0.3) is 0 Å². The molecular formula is C4HClF9N. The second kappa shape index (κ2) is 3.89. The van der Waals surface area contributed by atoms with Gasteiger partial charge in [0.2, 0.25) is 6.30 Å². The van der Waals surface area contributed by atoms with Gasteiger partial charge in [-0.25, -0.2) is 4.39 Å². The molecular weight excluding hydrogens is 268 g/mol. The molecule has 0 aromatic carbocycles. The molecule has 0 aromatic rings. The number of halogens is 10. The van der Waals surface area contributed by atoms with Crippen molar-refractivity contribution < 1.29 is 39.5 Å². The standard InChI is InChI=1S/C4HClF9N/c5-2(7,8)1(6)15(3(9,10)11)4(12,13)14/h1H. The lowest BCUT2D eigenvalue weighted by molar-refractivity contribution is -0.408. The van der Waals surface area contributed by atoms with Crippen molar-refractivity contribution in [2.45, 2.75) is 24.3 Å². The van der Waals surface area contributed by atoms with Crippen molar-refractivity contribution in [2.75, 3.05) is 0 Å². The Bertz CT molecular complexity index is 200. The monoisotopic (exact) mass is 269 g/mol. The molecule has 0 aliphatic heterocycles. The molecule has 0 saturated carbocycles. The Labute approximate surface area is 81.4 Å². The zero-order chi connectivity index (χ0) is 12.7. The van der Waals surface area contributed by atoms with Crippen molar-refractivity contribution in [2.24, 2.45) is 0 Å². The summed E-state index contributed by atoms with van der Waals surface area (Å²) in [5.41, 5.74) is 0. The summed E-state index contributed by atoms with van der Waals surface area (Å²) in [7, 11) is 0. The van der Waals surface area contributed by atoms with Gasteiger partial charge in [0, 0.05) is 0 Å². The molecule has 0 aliphatic rings. The minimum absolute atomic E-state index is 2.92. The molecule has 0 aromatic heterocycles. The number of nitrogens with zero attached hydrogens (tertiary/aromatic N) is 1. The highest BCUT2D eigenvalue weighted by atomic mass is 35.5. The molecule has 11 heteroatoms. The Balaban J connectivity index is 5.16. The van der Waals surface area contributed by atoms with Gasteiger partial charge >= 0.3 is 18.0 Å². The van der Waals surface area contributed by atoms with E-state index in [-0.39, 0.29) is 0 Å². The molecule has 0 heterocycles. The molecule has 1 unspecified atom stereocenters. The summed E-state index contributed by atoms with van der Waals surface area (Å²) in [5.74, 6) is 0. The fraction of sp³-hybridized carbons (Fsp3) is 1.00. The Kier molecular flexibility index (Phi) is 3.79. The molecule has 0 N–H and O–H groups in total. The topological polar surface area (TPSA) is 3.24 Å². The third-order valence-corrected chi connectivity index (χ3v) is 1.22. The SMILES string of the molecule is FC(N(C(F)(F)F)C(F)(F)F)C(F)(F)Cl. The quantitative estimate of drug-likeness (QED) is 0.421. The summed E-state index contributed by atoms with van der Waals surface area (Å²) in [5, 5.41) is -5.31. The first-order valence-electron chi connectivity index (χ1n) is 2.91. The van der Waals surface area contributed by atoms with Crippen LogP contribution < -0.4 is 0 Å². The zero-order valence-corrected chi connectivity index (χ0v) is 7.06. The van der Waals surface area contributed by atoms with Crippen molar-refractivity contribution >= 4 is 11.6 Å². The van der Waals surface area contributed by atoms with Gasteiger partial charge in [0.1, 0.15) is 0 Å². The van der Waals surface area contributed by atoms with E-state index in [1.165, 1.54) is 0 Å². The summed E-state index contributed by atoms with van der Waals surface area (Å²) in [6.07, 6.45) is -17.5. The smallest absolute Gasteiger partial charge is 0.221 e. The van der Waals surface area contributed by atoms with Gasteiger partial charge in [-0.1, -0.05) is 4.90 Å². The normalized spacial score (nSPS) is 17.0. The van der Waals surface area contributed by atoms with Crippen LogP contribution in [0.15, 0.2) is 0 Å². The van der Waals surface area contributed by atoms with Crippen LogP contribution in [0.3, 0.4) is 0 Å². The van der Waals surface area contributed by atoms with Crippen LogP contribution in [0.1, 0.15) is 0 Å². The number of rotatable bonds is 2. The summed E-state index contributed by atoms with van der Waals surface area (Å²) >= 11 is 3.74. The van der Waals surface area contributed by atoms with E-state index in [0.29, 0.717) is 0 Å². The van der Waals surface area contributed by atoms with Crippen LogP contribution in [0.25, 0.3) is 0 Å². The highest BCUT2D eigenvalue weighted by Crippen LogP contribution is 2.41. The van der Waals surface area contributed by atoms with Crippen LogP contribution in [0.2, 0.25) is 0 Å². The number of hydrogen-bond donors (Lipinski definition) is 0. The molecule has 1 nitrogen and oxygen atoms in total. The van der Waals surface area contributed by atoms with Gasteiger partial charge in [0.05, 0.1) is 0 Å². The lowest BCUT2D eigenvalue weighted by Crippen LogP contribution is -2.56. The maximum absolute atomic E-state index is 12.2. The van der Waals surface area contributed by atoms with Gasteiger partial charge in [-0.2, -0.15) is 35.1 Å². The first-order chi connectivity index (χ1) is 6.28. The van der Waals surface area contributed by atoms with E-state index < -0.39 is 29.2 Å². The molecule has 15 heavy (non-hydrogen) atoms. The summed E-state index contributed by atoms with van der Waals surface area (Å²) in [6.45, 7) is 0. The maximum Gasteiger partial charge on any atom is 0.469 e. The van der Waals surface area contributed by atoms with E-state index in [0.717, 1.165) is 0 Å². The second-order valence-electron chi connectivity index (χ2n) is 2.18. The molecule has 0 aliphatic carbocycles. The van der Waals surface area contributed by atoms with E-state index in [9.17, 15) is 39.5 Å². The third kappa shape index (κ3) is 3.93. The average Bonchev–Trinajstić information content (AvgIpc) is 1.76. The van der Waals surface area contributed by atoms with Crippen LogP contribution in [-0.2, 0) is 0 Å². The molecule has 92 valence electrons. The predicted molar refractivity (Wildman–Crippen MR) is 29.6 cm³/mol. The molecule has 0 saturated heterocycles. The summed E-state index contributed by atoms with van der Waals surface area (Å²) in [6, 6.07) is 0. The first kappa shape index (κ1) is 14.6. The van der Waals surface area contributed by atoms with Crippen LogP contribution >= 0.6 is 11.6 Å². The summed E-state index contributed by atoms with van der Waals surface area (Å²) < 4.78 is 105. The largest absolute Gasteiger partial charge is 0.469 e. The molecule has 0 fully saturated rings. The molecule has 0 spiro atoms. The minimum atomic E-state index is -6.35. The lowest BCUT2D eigenvalue weighted by atomic mass is 10.5. The van der Waals surface area contributed by atoms with Crippen LogP contribution in [0.4, 0.5) is 39.5 Å². The molecule has 0 amide bonds. The highest BCUT2D eigenvalue weighted by molar-refractivity contribution is 6.22. The van der Waals surface area contributed by atoms with E-state index in [2.05, 4.69) is 11.6 Å². The number of alkyl halides is 10. The third-order valence-electron chi connectivity index (χ3n) is 1.04. The summed E-state index contributed by atoms with van der Waals surface area (Å²) in [4.78, 5) is -2.92. The zero-order valence-electron chi connectivity index (χ0n) is 6.30. The average molecular weight is 269 g/mol. The fourth-order valence-corrected chi connectivity index (χ4v) is 0.645. The van der Waals surface area contributed by atoms with E-state index in [4.69, 9.17) is 0 Å². The number of hydrogen-bond acceptors (Lipinski definition) is 1. The van der Waals surface area contributed by atoms with Gasteiger partial charge in [0.15, 0.2) is 0 Å². The van der Waals surface area contributed by atoms with Crippen molar-refractivity contribution in [3.8, 4) is 0 Å². The van der Waals surface area contributed by atoms with Gasteiger partial charge in [-0.15, -0.1) is 0 Å².